The molecule has 7 nitrogen and oxygen atoms in total. The molecule has 0 unspecified atom stereocenters. The van der Waals surface area contributed by atoms with Crippen LogP contribution >= 0.6 is 11.6 Å². The van der Waals surface area contributed by atoms with Crippen LogP contribution in [-0.2, 0) is 0 Å². The minimum absolute atomic E-state index is 0.00367. The number of para-hydroxylation sites is 1. The fraction of sp³-hybridized carbons (Fsp3) is 0.0476. The number of rotatable bonds is 5. The minimum Gasteiger partial charge on any atom is -0.275 e. The maximum atomic E-state index is 11.5. The number of aryl methyl sites for hydroxylation is 1. The number of aromatic amines is 1. The lowest BCUT2D eigenvalue weighted by Gasteiger charge is -2.04. The molecule has 29 heavy (non-hydrogen) atoms. The van der Waals surface area contributed by atoms with E-state index in [4.69, 9.17) is 16.7 Å². The van der Waals surface area contributed by atoms with Crippen molar-refractivity contribution in [3.8, 4) is 16.9 Å². The number of hydrogen-bond acceptors (Lipinski definition) is 5. The van der Waals surface area contributed by atoms with Crippen molar-refractivity contribution in [1.29, 1.82) is 0 Å². The zero-order valence-electron chi connectivity index (χ0n) is 15.5. The second-order valence-corrected chi connectivity index (χ2v) is 6.70. The molecule has 0 aliphatic rings. The predicted octanol–water partition coefficient (Wildman–Crippen LogP) is 4.03. The normalized spacial score (nSPS) is 11.1. The van der Waals surface area contributed by atoms with E-state index in [0.717, 1.165) is 28.1 Å². The lowest BCUT2D eigenvalue weighted by molar-refractivity contribution is 0.876. The molecular formula is C21H17ClN6O. The van der Waals surface area contributed by atoms with Gasteiger partial charge in [0.2, 0.25) is 0 Å². The molecule has 4 aromatic rings. The van der Waals surface area contributed by atoms with Crippen LogP contribution in [0.2, 0.25) is 5.02 Å². The molecule has 0 fully saturated rings. The smallest absolute Gasteiger partial charge is 0.275 e. The van der Waals surface area contributed by atoms with E-state index in [1.165, 1.54) is 6.20 Å². The number of nitrogens with one attached hydrogen (secondary N) is 2. The average Bonchev–Trinajstić information content (AvgIpc) is 3.16. The van der Waals surface area contributed by atoms with Crippen LogP contribution in [0, 0.1) is 6.92 Å². The molecule has 0 saturated carbocycles. The largest absolute Gasteiger partial charge is 0.285 e. The lowest BCUT2D eigenvalue weighted by Crippen LogP contribution is -2.10. The monoisotopic (exact) mass is 404 g/mol. The van der Waals surface area contributed by atoms with Gasteiger partial charge in [0.15, 0.2) is 0 Å². The van der Waals surface area contributed by atoms with Crippen molar-refractivity contribution in [1.82, 2.24) is 20.0 Å². The summed E-state index contributed by atoms with van der Waals surface area (Å²) in [5.74, 6) is 0. The fourth-order valence-electron chi connectivity index (χ4n) is 2.88. The summed E-state index contributed by atoms with van der Waals surface area (Å²) in [5, 5.41) is 15.0. The lowest BCUT2D eigenvalue weighted by atomic mass is 10.1. The summed E-state index contributed by atoms with van der Waals surface area (Å²) >= 11 is 5.97. The van der Waals surface area contributed by atoms with E-state index < -0.39 is 5.56 Å². The molecule has 0 bridgehead atoms. The van der Waals surface area contributed by atoms with Crippen LogP contribution in [0.5, 0.6) is 0 Å². The van der Waals surface area contributed by atoms with Gasteiger partial charge in [-0.25, -0.2) is 9.78 Å². The summed E-state index contributed by atoms with van der Waals surface area (Å²) in [4.78, 5) is 11.5. The third-order valence-electron chi connectivity index (χ3n) is 4.34. The fourth-order valence-corrected chi connectivity index (χ4v) is 3.01. The first-order chi connectivity index (χ1) is 14.1. The maximum Gasteiger partial charge on any atom is 0.285 e. The van der Waals surface area contributed by atoms with Crippen molar-refractivity contribution in [2.75, 3.05) is 5.43 Å². The number of halogens is 1. The van der Waals surface area contributed by atoms with Crippen molar-refractivity contribution >= 4 is 23.5 Å². The van der Waals surface area contributed by atoms with Gasteiger partial charge in [-0.05, 0) is 18.6 Å². The van der Waals surface area contributed by atoms with Gasteiger partial charge >= 0.3 is 0 Å². The molecule has 0 spiro atoms. The summed E-state index contributed by atoms with van der Waals surface area (Å²) in [6.45, 7) is 2.04. The summed E-state index contributed by atoms with van der Waals surface area (Å²) < 4.78 is 1.83. The standard InChI is InChI=1S/C21H17ClN6O/c1-14-7-5-6-10-18(14)28-13-16(20(27-28)15-8-3-2-4-9-15)11-23-25-17-12-24-26-21(29)19(17)22/h2-13H,1H3,(H2,25,26,29)/b23-11-. The number of benzene rings is 2. The number of anilines is 1. The third-order valence-corrected chi connectivity index (χ3v) is 4.71. The van der Waals surface area contributed by atoms with Gasteiger partial charge in [-0.1, -0.05) is 60.1 Å². The molecule has 2 aromatic carbocycles. The van der Waals surface area contributed by atoms with Gasteiger partial charge in [0.05, 0.1) is 18.1 Å². The number of hydrogen-bond donors (Lipinski definition) is 2. The van der Waals surface area contributed by atoms with E-state index >= 15 is 0 Å². The highest BCUT2D eigenvalue weighted by molar-refractivity contribution is 6.32. The number of nitrogens with zero attached hydrogens (tertiary/aromatic N) is 4. The second-order valence-electron chi connectivity index (χ2n) is 6.33. The Morgan fingerprint density at radius 2 is 1.90 bits per heavy atom. The molecule has 8 heteroatoms. The topological polar surface area (TPSA) is 88.0 Å². The van der Waals surface area contributed by atoms with Crippen LogP contribution in [0.3, 0.4) is 0 Å². The van der Waals surface area contributed by atoms with Crippen LogP contribution < -0.4 is 11.0 Å². The van der Waals surface area contributed by atoms with E-state index in [1.807, 2.05) is 72.4 Å². The number of H-pyrrole nitrogens is 1. The van der Waals surface area contributed by atoms with E-state index in [-0.39, 0.29) is 5.02 Å². The predicted molar refractivity (Wildman–Crippen MR) is 115 cm³/mol. The van der Waals surface area contributed by atoms with Gasteiger partial charge in [-0.15, -0.1) is 0 Å². The molecule has 2 N–H and O–H groups in total. The second kappa shape index (κ2) is 8.12. The van der Waals surface area contributed by atoms with Gasteiger partial charge in [0.25, 0.3) is 5.56 Å². The van der Waals surface area contributed by atoms with Gasteiger partial charge in [-0.2, -0.15) is 15.3 Å². The molecule has 0 aliphatic heterocycles. The van der Waals surface area contributed by atoms with E-state index in [1.54, 1.807) is 6.21 Å². The quantitative estimate of drug-likeness (QED) is 0.388. The number of aromatic nitrogens is 4. The van der Waals surface area contributed by atoms with E-state index in [2.05, 4.69) is 20.7 Å². The SMILES string of the molecule is Cc1ccccc1-n1cc(/C=N\Nc2cn[nH]c(=O)c2Cl)c(-c2ccccc2)n1. The molecule has 4 rings (SSSR count). The first-order valence-electron chi connectivity index (χ1n) is 8.87. The summed E-state index contributed by atoms with van der Waals surface area (Å²) in [5.41, 5.74) is 7.25. The summed E-state index contributed by atoms with van der Waals surface area (Å²) in [6, 6.07) is 17.9. The molecule has 2 heterocycles. The zero-order chi connectivity index (χ0) is 20.2. The highest BCUT2D eigenvalue weighted by Gasteiger charge is 2.12. The Morgan fingerprint density at radius 3 is 2.69 bits per heavy atom. The number of hydrazone groups is 1. The Balaban J connectivity index is 1.72. The van der Waals surface area contributed by atoms with Crippen molar-refractivity contribution in [2.45, 2.75) is 6.92 Å². The van der Waals surface area contributed by atoms with Crippen LogP contribution in [-0.4, -0.2) is 26.2 Å². The highest BCUT2D eigenvalue weighted by atomic mass is 35.5. The molecule has 0 saturated heterocycles. The minimum atomic E-state index is -0.482. The maximum absolute atomic E-state index is 11.5. The molecule has 0 amide bonds. The molecule has 0 aliphatic carbocycles. The van der Waals surface area contributed by atoms with E-state index in [9.17, 15) is 4.79 Å². The van der Waals surface area contributed by atoms with Gasteiger partial charge < -0.3 is 0 Å². The zero-order valence-corrected chi connectivity index (χ0v) is 16.3. The first kappa shape index (κ1) is 18.6. The van der Waals surface area contributed by atoms with Gasteiger partial charge in [-0.3, -0.25) is 10.2 Å². The molecule has 144 valence electrons. The molecule has 2 aromatic heterocycles. The Morgan fingerprint density at radius 1 is 1.14 bits per heavy atom. The molecular weight excluding hydrogens is 388 g/mol. The van der Waals surface area contributed by atoms with Crippen LogP contribution in [0.15, 0.2) is 76.9 Å². The van der Waals surface area contributed by atoms with E-state index in [0.29, 0.717) is 5.69 Å². The highest BCUT2D eigenvalue weighted by Crippen LogP contribution is 2.23. The average molecular weight is 405 g/mol. The van der Waals surface area contributed by atoms with Crippen LogP contribution in [0.25, 0.3) is 16.9 Å². The van der Waals surface area contributed by atoms with Crippen LogP contribution in [0.4, 0.5) is 5.69 Å². The van der Waals surface area contributed by atoms with Crippen molar-refractivity contribution in [3.63, 3.8) is 0 Å². The Kier molecular flexibility index (Phi) is 5.22. The first-order valence-corrected chi connectivity index (χ1v) is 9.24. The van der Waals surface area contributed by atoms with Crippen LogP contribution in [0.1, 0.15) is 11.1 Å². The van der Waals surface area contributed by atoms with Crippen molar-refractivity contribution in [3.05, 3.63) is 93.5 Å². The van der Waals surface area contributed by atoms with Gasteiger partial charge in [0, 0.05) is 17.3 Å². The summed E-state index contributed by atoms with van der Waals surface area (Å²) in [7, 11) is 0. The third kappa shape index (κ3) is 3.95. The molecule has 0 radical (unpaired) electrons. The Labute approximate surface area is 171 Å². The van der Waals surface area contributed by atoms with Crippen molar-refractivity contribution < 1.29 is 0 Å². The van der Waals surface area contributed by atoms with Gasteiger partial charge in [0.1, 0.15) is 16.4 Å². The van der Waals surface area contributed by atoms with Crippen molar-refractivity contribution in [2.24, 2.45) is 5.10 Å². The molecule has 0 atom stereocenters. The summed E-state index contributed by atoms with van der Waals surface area (Å²) in [6.07, 6.45) is 4.95. The Hall–Kier alpha value is -3.71. The Bertz CT molecular complexity index is 1230.